The van der Waals surface area contributed by atoms with Gasteiger partial charge in [0.1, 0.15) is 6.23 Å². The molecule has 2 unspecified atom stereocenters. The minimum absolute atomic E-state index is 0.105. The minimum Gasteiger partial charge on any atom is -0.374 e. The van der Waals surface area contributed by atoms with Crippen molar-refractivity contribution < 1.29 is 21.9 Å². The van der Waals surface area contributed by atoms with Gasteiger partial charge in [-0.1, -0.05) is 0 Å². The molecule has 7 nitrogen and oxygen atoms in total. The van der Waals surface area contributed by atoms with Crippen molar-refractivity contribution in [2.24, 2.45) is 4.99 Å². The highest BCUT2D eigenvalue weighted by Gasteiger charge is 2.40. The maximum Gasteiger partial charge on any atom is 0.453 e. The molecule has 0 fully saturated rings. The first kappa shape index (κ1) is 8.73. The van der Waals surface area contributed by atoms with Gasteiger partial charge in [0.25, 0.3) is 0 Å². The Hall–Kier alpha value is -0.860. The third-order valence-electron chi connectivity index (χ3n) is 1.71. The summed E-state index contributed by atoms with van der Waals surface area (Å²) in [7, 11) is -3.97. The molecule has 0 aromatic rings. The molecular weight excluding hydrogens is 200 g/mol. The van der Waals surface area contributed by atoms with E-state index < -0.39 is 22.9 Å². The van der Waals surface area contributed by atoms with Crippen molar-refractivity contribution in [1.82, 2.24) is 4.90 Å². The van der Waals surface area contributed by atoms with E-state index in [1.54, 1.807) is 0 Å². The highest BCUT2D eigenvalue weighted by Crippen LogP contribution is 2.22. The molecule has 0 aromatic heterocycles. The predicted molar refractivity (Wildman–Crippen MR) is 40.7 cm³/mol. The van der Waals surface area contributed by atoms with Crippen LogP contribution in [0.15, 0.2) is 4.99 Å². The summed E-state index contributed by atoms with van der Waals surface area (Å²) in [5, 5.41) is 9.18. The molecule has 0 amide bonds. The third-order valence-corrected chi connectivity index (χ3v) is 2.52. The highest BCUT2D eigenvalue weighted by atomic mass is 32.3. The van der Waals surface area contributed by atoms with Crippen LogP contribution in [0, 0.1) is 0 Å². The number of nitrogens with zero attached hydrogens (tertiary/aromatic N) is 2. The number of aliphatic hydroxyl groups is 1. The molecule has 0 saturated carbocycles. The zero-order valence-electron chi connectivity index (χ0n) is 6.74. The Morgan fingerprint density at radius 3 is 3.08 bits per heavy atom. The molecule has 2 atom stereocenters. The molecule has 13 heavy (non-hydrogen) atoms. The van der Waals surface area contributed by atoms with Crippen molar-refractivity contribution in [3.8, 4) is 0 Å². The summed E-state index contributed by atoms with van der Waals surface area (Å²) in [5.74, 6) is 0. The lowest BCUT2D eigenvalue weighted by molar-refractivity contribution is 0.0591. The number of aliphatic imine (C=N–C) groups is 1. The number of aliphatic hydroxyl groups excluding tert-OH is 1. The molecule has 1 N–H and O–H groups in total. The average Bonchev–Trinajstić information content (AvgIpc) is 2.24. The average molecular weight is 208 g/mol. The van der Waals surface area contributed by atoms with Crippen molar-refractivity contribution in [2.45, 2.75) is 19.4 Å². The van der Waals surface area contributed by atoms with Gasteiger partial charge in [0.05, 0.1) is 6.54 Å². The molecule has 0 spiro atoms. The first-order valence-corrected chi connectivity index (χ1v) is 4.96. The molecule has 0 radical (unpaired) electrons. The lowest BCUT2D eigenvalue weighted by Gasteiger charge is -2.19. The number of amidine groups is 1. The molecular formula is C5H8N2O5S. The molecule has 2 rings (SSSR count). The third kappa shape index (κ3) is 1.47. The standard InChI is InChI=1S/C5H8N2O5S/c1-3(8)7-2-4-6-5(7)12-13(9,10)11-4/h3-4,8H,2H2,1H3. The molecule has 0 saturated heterocycles. The largest absolute Gasteiger partial charge is 0.453 e. The van der Waals surface area contributed by atoms with Crippen molar-refractivity contribution in [3.63, 3.8) is 0 Å². The van der Waals surface area contributed by atoms with Gasteiger partial charge in [-0.3, -0.25) is 4.90 Å². The van der Waals surface area contributed by atoms with E-state index in [-0.39, 0.29) is 12.6 Å². The van der Waals surface area contributed by atoms with Crippen molar-refractivity contribution in [1.29, 1.82) is 0 Å². The van der Waals surface area contributed by atoms with Gasteiger partial charge in [0, 0.05) is 0 Å². The van der Waals surface area contributed by atoms with E-state index in [9.17, 15) is 13.5 Å². The van der Waals surface area contributed by atoms with E-state index in [0.717, 1.165) is 0 Å². The molecule has 2 aliphatic heterocycles. The lowest BCUT2D eigenvalue weighted by Crippen LogP contribution is -2.37. The second-order valence-electron chi connectivity index (χ2n) is 2.74. The number of fused-ring (bicyclic) bond motifs is 1. The topological polar surface area (TPSA) is 88.4 Å². The van der Waals surface area contributed by atoms with Gasteiger partial charge in [-0.25, -0.2) is 4.18 Å². The van der Waals surface area contributed by atoms with Crippen LogP contribution in [0.1, 0.15) is 6.92 Å². The van der Waals surface area contributed by atoms with Gasteiger partial charge in [0.2, 0.25) is 0 Å². The Morgan fingerprint density at radius 2 is 2.46 bits per heavy atom. The summed E-state index contributed by atoms with van der Waals surface area (Å²) in [6, 6.07) is -0.105. The Bertz CT molecular complexity index is 348. The summed E-state index contributed by atoms with van der Waals surface area (Å²) in [5.41, 5.74) is 0. The van der Waals surface area contributed by atoms with Crippen LogP contribution in [-0.4, -0.2) is 43.4 Å². The molecule has 74 valence electrons. The molecule has 8 heteroatoms. The van der Waals surface area contributed by atoms with E-state index in [2.05, 4.69) is 13.4 Å². The molecule has 2 aliphatic rings. The van der Waals surface area contributed by atoms with Crippen LogP contribution in [-0.2, 0) is 18.8 Å². The van der Waals surface area contributed by atoms with Gasteiger partial charge in [-0.15, -0.1) is 0 Å². The van der Waals surface area contributed by atoms with E-state index in [0.29, 0.717) is 0 Å². The fraction of sp³-hybridized carbons (Fsp3) is 0.800. The minimum atomic E-state index is -3.97. The van der Waals surface area contributed by atoms with Crippen LogP contribution in [0.3, 0.4) is 0 Å². The predicted octanol–water partition coefficient (Wildman–Crippen LogP) is -1.39. The zero-order valence-corrected chi connectivity index (χ0v) is 7.56. The number of hydrogen-bond acceptors (Lipinski definition) is 7. The summed E-state index contributed by atoms with van der Waals surface area (Å²) >= 11 is 0. The molecule has 0 aliphatic carbocycles. The van der Waals surface area contributed by atoms with Gasteiger partial charge >= 0.3 is 16.4 Å². The number of hydrogen-bond donors (Lipinski definition) is 1. The van der Waals surface area contributed by atoms with Gasteiger partial charge in [-0.2, -0.15) is 13.4 Å². The van der Waals surface area contributed by atoms with Crippen molar-refractivity contribution >= 4 is 16.4 Å². The second-order valence-corrected chi connectivity index (χ2v) is 3.91. The Labute approximate surface area is 74.9 Å². The fourth-order valence-corrected chi connectivity index (χ4v) is 1.90. The normalized spacial score (nSPS) is 32.3. The van der Waals surface area contributed by atoms with Crippen molar-refractivity contribution in [2.75, 3.05) is 6.54 Å². The van der Waals surface area contributed by atoms with Crippen LogP contribution in [0.25, 0.3) is 0 Å². The summed E-state index contributed by atoms with van der Waals surface area (Å²) in [6.07, 6.45) is -1.64. The maximum absolute atomic E-state index is 10.8. The summed E-state index contributed by atoms with van der Waals surface area (Å²) in [6.45, 7) is 1.67. The highest BCUT2D eigenvalue weighted by molar-refractivity contribution is 7.82. The quantitative estimate of drug-likeness (QED) is 0.571. The van der Waals surface area contributed by atoms with Crippen molar-refractivity contribution in [3.05, 3.63) is 0 Å². The van der Waals surface area contributed by atoms with Gasteiger partial charge in [0.15, 0.2) is 6.23 Å². The molecule has 0 aromatic carbocycles. The van der Waals surface area contributed by atoms with Crippen LogP contribution in [0.4, 0.5) is 0 Å². The van der Waals surface area contributed by atoms with Gasteiger partial charge in [-0.05, 0) is 6.92 Å². The van der Waals surface area contributed by atoms with Crippen LogP contribution >= 0.6 is 0 Å². The summed E-state index contributed by atoms with van der Waals surface area (Å²) in [4.78, 5) is 5.05. The number of rotatable bonds is 1. The first-order chi connectivity index (χ1) is 5.98. The fourth-order valence-electron chi connectivity index (χ4n) is 1.17. The van der Waals surface area contributed by atoms with Crippen LogP contribution < -0.4 is 0 Å². The smallest absolute Gasteiger partial charge is 0.374 e. The van der Waals surface area contributed by atoms with E-state index in [4.69, 9.17) is 0 Å². The van der Waals surface area contributed by atoms with E-state index in [1.165, 1.54) is 11.8 Å². The lowest BCUT2D eigenvalue weighted by atomic mass is 10.5. The van der Waals surface area contributed by atoms with Crippen LogP contribution in [0.5, 0.6) is 0 Å². The Morgan fingerprint density at radius 1 is 1.77 bits per heavy atom. The molecule has 2 bridgehead atoms. The monoisotopic (exact) mass is 208 g/mol. The maximum atomic E-state index is 10.8. The van der Waals surface area contributed by atoms with E-state index >= 15 is 0 Å². The van der Waals surface area contributed by atoms with Gasteiger partial charge < -0.3 is 9.29 Å². The SMILES string of the molecule is CC(O)N1CC2N=C1OS(=O)(=O)O2. The Kier molecular flexibility index (Phi) is 1.72. The summed E-state index contributed by atoms with van der Waals surface area (Å²) < 4.78 is 30.6. The molecule has 2 heterocycles. The second kappa shape index (κ2) is 2.56. The van der Waals surface area contributed by atoms with E-state index in [1.807, 2.05) is 0 Å². The Balaban J connectivity index is 2.26. The zero-order chi connectivity index (χ0) is 9.64. The first-order valence-electron chi connectivity index (χ1n) is 3.63. The van der Waals surface area contributed by atoms with Crippen LogP contribution in [0.2, 0.25) is 0 Å².